The SMILES string of the molecule is CCCOCCOCCNC(=O)CCP. The summed E-state index contributed by atoms with van der Waals surface area (Å²) in [6.07, 6.45) is 2.40. The molecule has 5 heteroatoms. The first-order valence-corrected chi connectivity index (χ1v) is 6.25. The molecule has 1 N–H and O–H groups in total. The van der Waals surface area contributed by atoms with E-state index in [-0.39, 0.29) is 5.91 Å². The fourth-order valence-electron chi connectivity index (χ4n) is 0.948. The van der Waals surface area contributed by atoms with Crippen molar-refractivity contribution >= 4 is 15.1 Å². The summed E-state index contributed by atoms with van der Waals surface area (Å²) in [6, 6.07) is 0. The molecule has 0 bridgehead atoms. The van der Waals surface area contributed by atoms with Crippen molar-refractivity contribution in [1.82, 2.24) is 5.32 Å². The van der Waals surface area contributed by atoms with E-state index in [0.717, 1.165) is 19.2 Å². The number of ether oxygens (including phenoxy) is 2. The Morgan fingerprint density at radius 3 is 2.47 bits per heavy atom. The van der Waals surface area contributed by atoms with Gasteiger partial charge in [-0.15, -0.1) is 9.24 Å². The molecule has 0 aliphatic rings. The normalized spacial score (nSPS) is 10.3. The lowest BCUT2D eigenvalue weighted by molar-refractivity contribution is -0.120. The Bertz CT molecular complexity index is 156. The predicted octanol–water partition coefficient (Wildman–Crippen LogP) is 0.811. The lowest BCUT2D eigenvalue weighted by atomic mass is 10.4. The fraction of sp³-hybridized carbons (Fsp3) is 0.900. The molecule has 0 spiro atoms. The average Bonchev–Trinajstić information content (AvgIpc) is 2.22. The summed E-state index contributed by atoms with van der Waals surface area (Å²) in [7, 11) is 2.53. The van der Waals surface area contributed by atoms with E-state index in [9.17, 15) is 4.79 Å². The largest absolute Gasteiger partial charge is 0.379 e. The van der Waals surface area contributed by atoms with Crippen molar-refractivity contribution in [2.45, 2.75) is 19.8 Å². The lowest BCUT2D eigenvalue weighted by Gasteiger charge is -2.06. The molecule has 1 atom stereocenters. The Morgan fingerprint density at radius 1 is 1.20 bits per heavy atom. The van der Waals surface area contributed by atoms with Crippen LogP contribution >= 0.6 is 9.24 Å². The Kier molecular flexibility index (Phi) is 11.7. The highest BCUT2D eigenvalue weighted by Crippen LogP contribution is 1.87. The molecule has 0 aliphatic carbocycles. The van der Waals surface area contributed by atoms with Crippen molar-refractivity contribution in [3.05, 3.63) is 0 Å². The van der Waals surface area contributed by atoms with E-state index in [2.05, 4.69) is 21.5 Å². The van der Waals surface area contributed by atoms with Gasteiger partial charge in [0, 0.05) is 19.6 Å². The molecule has 90 valence electrons. The van der Waals surface area contributed by atoms with E-state index < -0.39 is 0 Å². The topological polar surface area (TPSA) is 47.6 Å². The molecule has 0 fully saturated rings. The van der Waals surface area contributed by atoms with Crippen LogP contribution in [0.2, 0.25) is 0 Å². The molecule has 0 radical (unpaired) electrons. The van der Waals surface area contributed by atoms with Gasteiger partial charge in [0.1, 0.15) is 0 Å². The Labute approximate surface area is 94.3 Å². The fourth-order valence-corrected chi connectivity index (χ4v) is 1.21. The van der Waals surface area contributed by atoms with Crippen LogP contribution in [0.25, 0.3) is 0 Å². The maximum atomic E-state index is 11.0. The maximum Gasteiger partial charge on any atom is 0.220 e. The van der Waals surface area contributed by atoms with Crippen LogP contribution in [-0.4, -0.2) is 45.0 Å². The second kappa shape index (κ2) is 11.9. The van der Waals surface area contributed by atoms with E-state index in [4.69, 9.17) is 9.47 Å². The molecule has 0 aromatic heterocycles. The van der Waals surface area contributed by atoms with E-state index in [0.29, 0.717) is 32.8 Å². The van der Waals surface area contributed by atoms with Crippen molar-refractivity contribution in [2.24, 2.45) is 0 Å². The van der Waals surface area contributed by atoms with Crippen molar-refractivity contribution in [3.8, 4) is 0 Å². The highest BCUT2D eigenvalue weighted by molar-refractivity contribution is 7.16. The summed E-state index contributed by atoms with van der Waals surface area (Å²) in [6.45, 7) is 5.22. The van der Waals surface area contributed by atoms with Gasteiger partial charge in [-0.1, -0.05) is 6.92 Å². The van der Waals surface area contributed by atoms with Crippen molar-refractivity contribution < 1.29 is 14.3 Å². The van der Waals surface area contributed by atoms with E-state index >= 15 is 0 Å². The van der Waals surface area contributed by atoms with Gasteiger partial charge >= 0.3 is 0 Å². The smallest absolute Gasteiger partial charge is 0.220 e. The van der Waals surface area contributed by atoms with Crippen molar-refractivity contribution in [1.29, 1.82) is 0 Å². The number of rotatable bonds is 10. The van der Waals surface area contributed by atoms with E-state index in [1.807, 2.05) is 0 Å². The summed E-state index contributed by atoms with van der Waals surface area (Å²) in [4.78, 5) is 11.0. The van der Waals surface area contributed by atoms with Gasteiger partial charge in [-0.05, 0) is 12.6 Å². The van der Waals surface area contributed by atoms with E-state index in [1.54, 1.807) is 0 Å². The van der Waals surface area contributed by atoms with Gasteiger partial charge in [0.25, 0.3) is 0 Å². The molecule has 4 nitrogen and oxygen atoms in total. The minimum absolute atomic E-state index is 0.0795. The van der Waals surface area contributed by atoms with E-state index in [1.165, 1.54) is 0 Å². The molecule has 0 saturated heterocycles. The molecular weight excluding hydrogens is 213 g/mol. The first kappa shape index (κ1) is 14.8. The zero-order valence-corrected chi connectivity index (χ0v) is 10.6. The molecule has 1 amide bonds. The number of carbonyl (C=O) groups is 1. The zero-order chi connectivity index (χ0) is 11.4. The van der Waals surface area contributed by atoms with Gasteiger partial charge in [0.05, 0.1) is 19.8 Å². The third-order valence-corrected chi connectivity index (χ3v) is 1.95. The number of hydrogen-bond acceptors (Lipinski definition) is 3. The molecular formula is C10H22NO3P. The first-order chi connectivity index (χ1) is 7.31. The van der Waals surface area contributed by atoms with Crippen LogP contribution in [0.1, 0.15) is 19.8 Å². The van der Waals surface area contributed by atoms with Gasteiger partial charge < -0.3 is 14.8 Å². The van der Waals surface area contributed by atoms with Gasteiger partial charge in [-0.2, -0.15) is 0 Å². The maximum absolute atomic E-state index is 11.0. The highest BCUT2D eigenvalue weighted by atomic mass is 31.0. The van der Waals surface area contributed by atoms with Crippen LogP contribution in [0.5, 0.6) is 0 Å². The van der Waals surface area contributed by atoms with Crippen LogP contribution in [0.15, 0.2) is 0 Å². The minimum Gasteiger partial charge on any atom is -0.379 e. The molecule has 15 heavy (non-hydrogen) atoms. The average molecular weight is 235 g/mol. The third-order valence-electron chi connectivity index (χ3n) is 1.66. The standard InChI is InChI=1S/C10H22NO3P/c1-2-5-13-7-8-14-6-4-11-10(12)3-9-15/h2-9,15H2,1H3,(H,11,12). The van der Waals surface area contributed by atoms with Crippen LogP contribution in [0, 0.1) is 0 Å². The Hall–Kier alpha value is -0.180. The molecule has 0 aromatic carbocycles. The second-order valence-corrected chi connectivity index (χ2v) is 3.69. The van der Waals surface area contributed by atoms with Gasteiger partial charge in [0.2, 0.25) is 5.91 Å². The third kappa shape index (κ3) is 11.7. The minimum atomic E-state index is 0.0795. The summed E-state index contributed by atoms with van der Waals surface area (Å²) >= 11 is 0. The summed E-state index contributed by atoms with van der Waals surface area (Å²) in [5, 5.41) is 2.77. The number of nitrogens with one attached hydrogen (secondary N) is 1. The quantitative estimate of drug-likeness (QED) is 0.450. The lowest BCUT2D eigenvalue weighted by Crippen LogP contribution is -2.27. The Balaban J connectivity index is 3.01. The molecule has 0 aromatic rings. The van der Waals surface area contributed by atoms with Crippen LogP contribution in [0.4, 0.5) is 0 Å². The summed E-state index contributed by atoms with van der Waals surface area (Å²) < 4.78 is 10.5. The summed E-state index contributed by atoms with van der Waals surface area (Å²) in [5.74, 6) is 0.0795. The summed E-state index contributed by atoms with van der Waals surface area (Å²) in [5.41, 5.74) is 0. The molecule has 0 rings (SSSR count). The zero-order valence-electron chi connectivity index (χ0n) is 9.46. The first-order valence-electron chi connectivity index (χ1n) is 5.43. The van der Waals surface area contributed by atoms with Crippen LogP contribution < -0.4 is 5.32 Å². The Morgan fingerprint density at radius 2 is 1.87 bits per heavy atom. The molecule has 0 aliphatic heterocycles. The molecule has 0 heterocycles. The van der Waals surface area contributed by atoms with Crippen LogP contribution in [-0.2, 0) is 14.3 Å². The predicted molar refractivity (Wildman–Crippen MR) is 64.1 cm³/mol. The second-order valence-electron chi connectivity index (χ2n) is 3.11. The number of hydrogen-bond donors (Lipinski definition) is 1. The number of amides is 1. The number of carbonyl (C=O) groups excluding carboxylic acids is 1. The molecule has 1 unspecified atom stereocenters. The van der Waals surface area contributed by atoms with Gasteiger partial charge in [-0.3, -0.25) is 4.79 Å². The van der Waals surface area contributed by atoms with Crippen molar-refractivity contribution in [3.63, 3.8) is 0 Å². The van der Waals surface area contributed by atoms with Gasteiger partial charge in [-0.25, -0.2) is 0 Å². The molecule has 0 saturated carbocycles. The van der Waals surface area contributed by atoms with Crippen molar-refractivity contribution in [2.75, 3.05) is 39.1 Å². The monoisotopic (exact) mass is 235 g/mol. The highest BCUT2D eigenvalue weighted by Gasteiger charge is 1.97. The van der Waals surface area contributed by atoms with Gasteiger partial charge in [0.15, 0.2) is 0 Å². The van der Waals surface area contributed by atoms with Crippen LogP contribution in [0.3, 0.4) is 0 Å².